The molecule has 0 radical (unpaired) electrons. The number of nitrogens with zero attached hydrogens (tertiary/aromatic N) is 3. The minimum atomic E-state index is -4.04. The van der Waals surface area contributed by atoms with Crippen molar-refractivity contribution in [1.82, 2.24) is 24.1 Å². The number of hydrogen-bond acceptors (Lipinski definition) is 13. The molecule has 0 saturated carbocycles. The molecule has 8 rings (SSSR count). The zero-order valence-electron chi connectivity index (χ0n) is 44.3. The summed E-state index contributed by atoms with van der Waals surface area (Å²) in [5.41, 5.74) is 0.0381. The first-order valence-electron chi connectivity index (χ1n) is 25.3. The summed E-state index contributed by atoms with van der Waals surface area (Å²) in [6.45, 7) is 16.2. The monoisotopic (exact) mass is 1100 g/mol. The van der Waals surface area contributed by atoms with Crippen LogP contribution in [0.15, 0.2) is 123 Å². The third-order valence-corrected chi connectivity index (χ3v) is 26.7. The van der Waals surface area contributed by atoms with Gasteiger partial charge in [0.1, 0.15) is 24.7 Å². The van der Waals surface area contributed by atoms with Gasteiger partial charge in [0.25, 0.3) is 19.4 Å². The summed E-state index contributed by atoms with van der Waals surface area (Å²) < 4.78 is 51.5. The van der Waals surface area contributed by atoms with E-state index in [4.69, 9.17) is 43.7 Å². The molecule has 8 atom stereocenters. The maximum Gasteiger partial charge on any atom is 0.330 e. The average molecular weight is 1100 g/mol. The van der Waals surface area contributed by atoms with Crippen molar-refractivity contribution < 1.29 is 31.9 Å². The van der Waals surface area contributed by atoms with Gasteiger partial charge in [0, 0.05) is 54.0 Å². The van der Waals surface area contributed by atoms with Crippen LogP contribution in [0.5, 0.6) is 0 Å². The highest BCUT2D eigenvalue weighted by Gasteiger charge is 2.54. The summed E-state index contributed by atoms with van der Waals surface area (Å²) in [4.78, 5) is 60.4. The molecule has 0 spiro atoms. The van der Waals surface area contributed by atoms with Crippen LogP contribution in [0.2, 0.25) is 23.2 Å². The number of hydrogen-bond donors (Lipinski definition) is 3. The minimum Gasteiger partial charge on any atom is -0.414 e. The number of aromatic nitrogens is 5. The molecule has 3 aromatic carbocycles. The van der Waals surface area contributed by atoms with Gasteiger partial charge in [-0.1, -0.05) is 120 Å². The topological polar surface area (TPSA) is 214 Å². The molecule has 3 N–H and O–H groups in total. The number of ether oxygens (including phenoxy) is 2. The molecule has 75 heavy (non-hydrogen) atoms. The van der Waals surface area contributed by atoms with Crippen molar-refractivity contribution in [2.24, 2.45) is 0 Å². The Kier molecular flexibility index (Phi) is 16.8. The summed E-state index contributed by atoms with van der Waals surface area (Å²) in [5, 5.41) is 12.7. The molecule has 3 aromatic heterocycles. The molecule has 2 aliphatic heterocycles. The van der Waals surface area contributed by atoms with E-state index < -0.39 is 93.9 Å². The van der Waals surface area contributed by atoms with Crippen LogP contribution in [-0.2, 0) is 50.1 Å². The molecular formula is C54H69N6O11PSSi2. The first-order chi connectivity index (χ1) is 35.4. The number of fused-ring (bicyclic) bond motifs is 1. The molecule has 17 nitrogen and oxygen atoms in total. The summed E-state index contributed by atoms with van der Waals surface area (Å²) in [7, 11) is -5.69. The molecule has 0 aliphatic carbocycles. The number of aryl methyl sites for hydroxylation is 2. The number of nitrogens with one attached hydrogen (secondary N) is 3. The number of nitriles is 1. The van der Waals surface area contributed by atoms with Gasteiger partial charge in [0.2, 0.25) is 0 Å². The average Bonchev–Trinajstić information content (AvgIpc) is 4.07. The lowest BCUT2D eigenvalue weighted by Gasteiger charge is -2.45. The SMILES string of the molecule is Cc1cn([C@H]2C[C@H](O[Si](c3ccccc3)(c3ccccc3)C(C)(C)C)[C@@H](CO[P@](=S)(O[C@H](CC#N)Cc3cc4ccccc4[nH]3)O[C@H]3C[C@H](n4cc(C)c(=O)[nH]c4=O)O[C@@H]3CO[Si](C)(C)C(C)(C)C)O2)c(=O)[nH]c1=O. The van der Waals surface area contributed by atoms with Crippen molar-refractivity contribution in [2.75, 3.05) is 13.2 Å². The number of benzene rings is 3. The van der Waals surface area contributed by atoms with Crippen molar-refractivity contribution in [2.45, 2.75) is 147 Å². The van der Waals surface area contributed by atoms with Crippen molar-refractivity contribution in [3.63, 3.8) is 0 Å². The van der Waals surface area contributed by atoms with Gasteiger partial charge in [-0.05, 0) is 76.7 Å². The molecule has 0 bridgehead atoms. The van der Waals surface area contributed by atoms with Crippen molar-refractivity contribution in [3.8, 4) is 6.07 Å². The van der Waals surface area contributed by atoms with E-state index in [1.807, 2.05) is 66.7 Å². The number of para-hydroxylation sites is 1. The third-order valence-electron chi connectivity index (χ3n) is 14.7. The largest absolute Gasteiger partial charge is 0.414 e. The summed E-state index contributed by atoms with van der Waals surface area (Å²) >= 11 is 6.51. The van der Waals surface area contributed by atoms with Gasteiger partial charge in [0.05, 0.1) is 44.0 Å². The Balaban J connectivity index is 1.20. The van der Waals surface area contributed by atoms with Crippen LogP contribution >= 0.6 is 6.72 Å². The first kappa shape index (κ1) is 56.1. The van der Waals surface area contributed by atoms with Crippen LogP contribution in [0.1, 0.15) is 90.1 Å². The Morgan fingerprint density at radius 3 is 1.79 bits per heavy atom. The highest BCUT2D eigenvalue weighted by atomic mass is 32.5. The van der Waals surface area contributed by atoms with E-state index in [0.29, 0.717) is 11.1 Å². The van der Waals surface area contributed by atoms with Crippen LogP contribution in [0.25, 0.3) is 10.9 Å². The summed E-state index contributed by atoms with van der Waals surface area (Å²) in [5.74, 6) is 0. The quantitative estimate of drug-likeness (QED) is 0.0521. The fourth-order valence-electron chi connectivity index (χ4n) is 9.64. The maximum atomic E-state index is 13.6. The van der Waals surface area contributed by atoms with Crippen molar-refractivity contribution in [3.05, 3.63) is 162 Å². The Bertz CT molecular complexity index is 3230. The van der Waals surface area contributed by atoms with E-state index in [9.17, 15) is 24.4 Å². The van der Waals surface area contributed by atoms with E-state index in [1.54, 1.807) is 13.8 Å². The van der Waals surface area contributed by atoms with Gasteiger partial charge in [-0.15, -0.1) is 0 Å². The van der Waals surface area contributed by atoms with Crippen molar-refractivity contribution in [1.29, 1.82) is 5.26 Å². The smallest absolute Gasteiger partial charge is 0.330 e. The maximum absolute atomic E-state index is 13.6. The van der Waals surface area contributed by atoms with Crippen LogP contribution in [0, 0.1) is 25.2 Å². The van der Waals surface area contributed by atoms with Gasteiger partial charge >= 0.3 is 18.1 Å². The minimum absolute atomic E-state index is 0.0791. The fourth-order valence-corrected chi connectivity index (χ4v) is 17.8. The second kappa shape index (κ2) is 22.4. The molecule has 400 valence electrons. The van der Waals surface area contributed by atoms with Gasteiger partial charge in [-0.3, -0.25) is 28.7 Å². The molecule has 2 fully saturated rings. The molecule has 6 aromatic rings. The Labute approximate surface area is 444 Å². The summed E-state index contributed by atoms with van der Waals surface area (Å²) in [6.07, 6.45) is -2.57. The van der Waals surface area contributed by atoms with Crippen LogP contribution < -0.4 is 32.9 Å². The Morgan fingerprint density at radius 2 is 1.27 bits per heavy atom. The predicted octanol–water partition coefficient (Wildman–Crippen LogP) is 7.89. The molecule has 0 unspecified atom stereocenters. The van der Waals surface area contributed by atoms with Gasteiger partial charge in [-0.2, -0.15) is 5.26 Å². The number of rotatable bonds is 19. The predicted molar refractivity (Wildman–Crippen MR) is 297 cm³/mol. The molecule has 2 saturated heterocycles. The van der Waals surface area contributed by atoms with Crippen LogP contribution in [0.4, 0.5) is 0 Å². The highest BCUT2D eigenvalue weighted by molar-refractivity contribution is 8.07. The van der Waals surface area contributed by atoms with Gasteiger partial charge < -0.3 is 36.9 Å². The fraction of sp³-hybridized carbons (Fsp3) is 0.463. The second-order valence-corrected chi connectivity index (χ2v) is 34.1. The number of aromatic amines is 3. The third kappa shape index (κ3) is 12.4. The van der Waals surface area contributed by atoms with Crippen molar-refractivity contribution >= 4 is 56.4 Å². The Morgan fingerprint density at radius 1 is 0.747 bits per heavy atom. The van der Waals surface area contributed by atoms with Crippen LogP contribution in [0.3, 0.4) is 0 Å². The highest BCUT2D eigenvalue weighted by Crippen LogP contribution is 2.56. The van der Waals surface area contributed by atoms with E-state index in [-0.39, 0.29) is 43.9 Å². The lowest BCUT2D eigenvalue weighted by Crippen LogP contribution is -2.68. The van der Waals surface area contributed by atoms with Gasteiger partial charge in [-0.25, -0.2) is 9.59 Å². The molecular weight excluding hydrogens is 1030 g/mol. The second-order valence-electron chi connectivity index (χ2n) is 22.1. The summed E-state index contributed by atoms with van der Waals surface area (Å²) in [6, 6.07) is 32.4. The zero-order valence-corrected chi connectivity index (χ0v) is 48.0. The first-order valence-corrected chi connectivity index (χ1v) is 32.7. The van der Waals surface area contributed by atoms with E-state index >= 15 is 0 Å². The Hall–Kier alpha value is -5.15. The van der Waals surface area contributed by atoms with E-state index in [1.165, 1.54) is 21.5 Å². The van der Waals surface area contributed by atoms with E-state index in [2.05, 4.69) is 99.9 Å². The molecule has 2 aliphatic rings. The van der Waals surface area contributed by atoms with Gasteiger partial charge in [0.15, 0.2) is 8.32 Å². The lowest BCUT2D eigenvalue weighted by molar-refractivity contribution is -0.0541. The van der Waals surface area contributed by atoms with Crippen LogP contribution in [-0.4, -0.2) is 84.5 Å². The molecule has 5 heterocycles. The lowest BCUT2D eigenvalue weighted by atomic mass is 10.1. The van der Waals surface area contributed by atoms with E-state index in [0.717, 1.165) is 27.0 Å². The molecule has 0 amide bonds. The molecule has 21 heteroatoms. The number of H-pyrrole nitrogens is 3. The normalized spacial score (nSPS) is 21.8. The standard InChI is InChI=1S/C54H69N6O11PSSi2/c1-35-31-59(51(63)57-49(35)61)47-29-43(46(68-47)34-66-74(9,10)53(3,4)5)70-72(73,69-39(25-26-55)28-38-27-37-19-17-18-24-42(37)56-38)65-33-45-44(30-48(67-45)60-32-36(2)50(62)58-52(60)64)71-75(54(6,7)8,40-20-13-11-14-21-40)41-22-15-12-16-23-41/h11-24,27,31-32,39,43-48,56H,25,28-30,33-34H2,1-10H3,(H,57,61,63)(H,58,62,64)/t39-,43+,44+,45-,46-,47-,48-,72+/m1/s1. The zero-order chi connectivity index (χ0) is 54.1.